The van der Waals surface area contributed by atoms with E-state index in [1.165, 1.54) is 0 Å². The minimum atomic E-state index is -0.294. The van der Waals surface area contributed by atoms with Crippen LogP contribution in [-0.4, -0.2) is 11.7 Å². The highest BCUT2D eigenvalue weighted by Crippen LogP contribution is 2.30. The zero-order chi connectivity index (χ0) is 10.8. The molecule has 0 aliphatic carbocycles. The molecule has 1 rings (SSSR count). The summed E-state index contributed by atoms with van der Waals surface area (Å²) in [5.41, 5.74) is 6.78. The maximum Gasteiger partial charge on any atom is 0.0500 e. The summed E-state index contributed by atoms with van der Waals surface area (Å²) in [6.07, 6.45) is 0. The van der Waals surface area contributed by atoms with Gasteiger partial charge in [-0.15, -0.1) is 12.6 Å². The number of hydrogen-bond donors (Lipinski definition) is 3. The number of aliphatic hydroxyl groups is 1. The van der Waals surface area contributed by atoms with Crippen molar-refractivity contribution in [2.24, 2.45) is 11.1 Å². The Labute approximate surface area is 90.5 Å². The summed E-state index contributed by atoms with van der Waals surface area (Å²) in [4.78, 5) is 0.919. The summed E-state index contributed by atoms with van der Waals surface area (Å²) in [5.74, 6) is 0. The van der Waals surface area contributed by atoms with Gasteiger partial charge in [-0.2, -0.15) is 0 Å². The van der Waals surface area contributed by atoms with Crippen molar-refractivity contribution < 1.29 is 5.11 Å². The summed E-state index contributed by atoms with van der Waals surface area (Å²) in [5, 5.41) is 9.19. The topological polar surface area (TPSA) is 46.2 Å². The predicted octanol–water partition coefficient (Wildman–Crippen LogP) is 1.99. The molecular weight excluding hydrogens is 194 g/mol. The molecule has 3 heteroatoms. The molecule has 0 radical (unpaired) electrons. The highest BCUT2D eigenvalue weighted by Gasteiger charge is 2.26. The normalized spacial score (nSPS) is 14.1. The second-order valence-electron chi connectivity index (χ2n) is 4.22. The average Bonchev–Trinajstić information content (AvgIpc) is 2.18. The van der Waals surface area contributed by atoms with Crippen molar-refractivity contribution in [1.29, 1.82) is 0 Å². The minimum Gasteiger partial charge on any atom is -0.396 e. The molecule has 0 bridgehead atoms. The van der Waals surface area contributed by atoms with Crippen LogP contribution in [0.5, 0.6) is 0 Å². The zero-order valence-corrected chi connectivity index (χ0v) is 9.46. The summed E-state index contributed by atoms with van der Waals surface area (Å²) in [6, 6.07) is 7.56. The molecule has 78 valence electrons. The molecular formula is C11H17NOS. The largest absolute Gasteiger partial charge is 0.396 e. The molecule has 0 saturated carbocycles. The van der Waals surface area contributed by atoms with Gasteiger partial charge in [-0.1, -0.05) is 26.0 Å². The van der Waals surface area contributed by atoms with Crippen molar-refractivity contribution >= 4 is 12.6 Å². The third-order valence-electron chi connectivity index (χ3n) is 2.50. The number of rotatable bonds is 3. The van der Waals surface area contributed by atoms with E-state index in [9.17, 15) is 5.11 Å². The number of aliphatic hydroxyl groups excluding tert-OH is 1. The molecule has 1 atom stereocenters. The molecule has 14 heavy (non-hydrogen) atoms. The monoisotopic (exact) mass is 211 g/mol. The molecule has 0 amide bonds. The van der Waals surface area contributed by atoms with Gasteiger partial charge >= 0.3 is 0 Å². The second kappa shape index (κ2) is 4.34. The van der Waals surface area contributed by atoms with Crippen LogP contribution in [0, 0.1) is 5.41 Å². The Bertz CT molecular complexity index is 295. The molecule has 0 saturated heterocycles. The fourth-order valence-electron chi connectivity index (χ4n) is 1.23. The van der Waals surface area contributed by atoms with Gasteiger partial charge < -0.3 is 10.8 Å². The van der Waals surface area contributed by atoms with E-state index in [1.807, 2.05) is 38.1 Å². The van der Waals surface area contributed by atoms with E-state index in [-0.39, 0.29) is 18.1 Å². The first-order chi connectivity index (χ1) is 6.47. The first-order valence-electron chi connectivity index (χ1n) is 4.63. The standard InChI is InChI=1S/C11H17NOS/c1-11(2,7-13)10(12)8-3-5-9(14)6-4-8/h3-6,10,13-14H,7,12H2,1-2H3/t10-/m0/s1. The fourth-order valence-corrected chi connectivity index (χ4v) is 1.38. The number of nitrogens with two attached hydrogens (primary N) is 1. The maximum atomic E-state index is 9.19. The van der Waals surface area contributed by atoms with E-state index >= 15 is 0 Å². The van der Waals surface area contributed by atoms with Crippen LogP contribution < -0.4 is 5.73 Å². The molecule has 1 aromatic carbocycles. The van der Waals surface area contributed by atoms with Gasteiger partial charge in [0.1, 0.15) is 0 Å². The molecule has 0 heterocycles. The van der Waals surface area contributed by atoms with Crippen molar-refractivity contribution in [3.05, 3.63) is 29.8 Å². The summed E-state index contributed by atoms with van der Waals surface area (Å²) in [6.45, 7) is 3.98. The van der Waals surface area contributed by atoms with Gasteiger partial charge in [-0.05, 0) is 17.7 Å². The highest BCUT2D eigenvalue weighted by atomic mass is 32.1. The lowest BCUT2D eigenvalue weighted by Crippen LogP contribution is -2.32. The number of benzene rings is 1. The fraction of sp³-hybridized carbons (Fsp3) is 0.455. The average molecular weight is 211 g/mol. The quantitative estimate of drug-likeness (QED) is 0.670. The zero-order valence-electron chi connectivity index (χ0n) is 8.57. The van der Waals surface area contributed by atoms with E-state index in [0.717, 1.165) is 10.5 Å². The van der Waals surface area contributed by atoms with Crippen molar-refractivity contribution in [3.8, 4) is 0 Å². The summed E-state index contributed by atoms with van der Waals surface area (Å²) < 4.78 is 0. The van der Waals surface area contributed by atoms with E-state index in [2.05, 4.69) is 12.6 Å². The second-order valence-corrected chi connectivity index (χ2v) is 4.73. The Balaban J connectivity index is 2.89. The van der Waals surface area contributed by atoms with Crippen LogP contribution in [0.1, 0.15) is 25.5 Å². The molecule has 2 nitrogen and oxygen atoms in total. The lowest BCUT2D eigenvalue weighted by Gasteiger charge is -2.29. The molecule has 0 spiro atoms. The SMILES string of the molecule is CC(C)(CO)[C@@H](N)c1ccc(S)cc1. The van der Waals surface area contributed by atoms with Crippen LogP contribution in [0.25, 0.3) is 0 Å². The Hall–Kier alpha value is -0.510. The van der Waals surface area contributed by atoms with Gasteiger partial charge in [0.05, 0.1) is 0 Å². The Morgan fingerprint density at radius 1 is 1.36 bits per heavy atom. The van der Waals surface area contributed by atoms with Crippen LogP contribution in [0.3, 0.4) is 0 Å². The van der Waals surface area contributed by atoms with Crippen LogP contribution in [-0.2, 0) is 0 Å². The molecule has 0 unspecified atom stereocenters. The minimum absolute atomic E-state index is 0.0802. The third-order valence-corrected chi connectivity index (χ3v) is 2.80. The number of hydrogen-bond acceptors (Lipinski definition) is 3. The molecule has 0 fully saturated rings. The first kappa shape index (κ1) is 11.6. The van der Waals surface area contributed by atoms with Gasteiger partial charge in [-0.3, -0.25) is 0 Å². The summed E-state index contributed by atoms with van der Waals surface area (Å²) >= 11 is 4.21. The van der Waals surface area contributed by atoms with Gasteiger partial charge in [-0.25, -0.2) is 0 Å². The summed E-state index contributed by atoms with van der Waals surface area (Å²) in [7, 11) is 0. The molecule has 1 aromatic rings. The molecule has 0 aliphatic heterocycles. The van der Waals surface area contributed by atoms with E-state index < -0.39 is 0 Å². The van der Waals surface area contributed by atoms with Gasteiger partial charge in [0.15, 0.2) is 0 Å². The smallest absolute Gasteiger partial charge is 0.0500 e. The van der Waals surface area contributed by atoms with E-state index in [4.69, 9.17) is 5.73 Å². The maximum absolute atomic E-state index is 9.19. The van der Waals surface area contributed by atoms with E-state index in [1.54, 1.807) is 0 Å². The Morgan fingerprint density at radius 2 is 1.86 bits per heavy atom. The first-order valence-corrected chi connectivity index (χ1v) is 5.07. The van der Waals surface area contributed by atoms with Crippen LogP contribution >= 0.6 is 12.6 Å². The van der Waals surface area contributed by atoms with Crippen molar-refractivity contribution in [2.75, 3.05) is 6.61 Å². The van der Waals surface area contributed by atoms with Gasteiger partial charge in [0.25, 0.3) is 0 Å². The lowest BCUT2D eigenvalue weighted by molar-refractivity contribution is 0.132. The Kier molecular flexibility index (Phi) is 3.59. The van der Waals surface area contributed by atoms with Crippen LogP contribution in [0.4, 0.5) is 0 Å². The molecule has 0 aliphatic rings. The lowest BCUT2D eigenvalue weighted by atomic mass is 9.82. The van der Waals surface area contributed by atoms with Crippen molar-refractivity contribution in [1.82, 2.24) is 0 Å². The highest BCUT2D eigenvalue weighted by molar-refractivity contribution is 7.80. The predicted molar refractivity (Wildman–Crippen MR) is 61.5 cm³/mol. The Morgan fingerprint density at radius 3 is 2.29 bits per heavy atom. The van der Waals surface area contributed by atoms with Crippen LogP contribution in [0.15, 0.2) is 29.2 Å². The van der Waals surface area contributed by atoms with Crippen LogP contribution in [0.2, 0.25) is 0 Å². The van der Waals surface area contributed by atoms with Gasteiger partial charge in [0, 0.05) is 23.0 Å². The van der Waals surface area contributed by atoms with Crippen molar-refractivity contribution in [3.63, 3.8) is 0 Å². The third kappa shape index (κ3) is 2.50. The van der Waals surface area contributed by atoms with E-state index in [0.29, 0.717) is 0 Å². The molecule has 0 aromatic heterocycles. The number of thiol groups is 1. The van der Waals surface area contributed by atoms with Gasteiger partial charge in [0.2, 0.25) is 0 Å². The molecule has 3 N–H and O–H groups in total. The van der Waals surface area contributed by atoms with Crippen molar-refractivity contribution in [2.45, 2.75) is 24.8 Å².